The van der Waals surface area contributed by atoms with E-state index in [2.05, 4.69) is 10.3 Å². The standard InChI is InChI=1S/C26H15Cl2F2N3OS/c1-13-23(25(34)33-26-32-22(12-35-26)17-9-7-15(29)11-20(17)30)18-4-2-3-5-21(18)31-24(13)16-8-6-14(27)10-19(16)28/h2-12H,1H3,(H,32,33,34). The molecule has 0 atom stereocenters. The van der Waals surface area contributed by atoms with E-state index >= 15 is 0 Å². The van der Waals surface area contributed by atoms with Crippen molar-refractivity contribution in [3.63, 3.8) is 0 Å². The van der Waals surface area contributed by atoms with Crippen LogP contribution in [0.15, 0.2) is 66.0 Å². The third kappa shape index (κ3) is 4.50. The normalized spacial score (nSPS) is 11.1. The predicted octanol–water partition coefficient (Wildman–Crippen LogP) is 8.17. The molecule has 5 rings (SSSR count). The van der Waals surface area contributed by atoms with Gasteiger partial charge in [-0.05, 0) is 48.9 Å². The van der Waals surface area contributed by atoms with E-state index in [0.29, 0.717) is 49.0 Å². The molecular formula is C26H15Cl2F2N3OS. The Labute approximate surface area is 213 Å². The molecular weight excluding hydrogens is 511 g/mol. The second kappa shape index (κ2) is 9.34. The summed E-state index contributed by atoms with van der Waals surface area (Å²) in [7, 11) is 0. The number of anilines is 1. The summed E-state index contributed by atoms with van der Waals surface area (Å²) in [6.07, 6.45) is 0. The number of aromatic nitrogens is 2. The van der Waals surface area contributed by atoms with E-state index in [1.807, 2.05) is 24.3 Å². The van der Waals surface area contributed by atoms with Gasteiger partial charge in [-0.2, -0.15) is 0 Å². The summed E-state index contributed by atoms with van der Waals surface area (Å²) in [6, 6.07) is 15.7. The van der Waals surface area contributed by atoms with Gasteiger partial charge in [0.25, 0.3) is 5.91 Å². The third-order valence-electron chi connectivity index (χ3n) is 5.48. The molecule has 3 aromatic carbocycles. The highest BCUT2D eigenvalue weighted by Gasteiger charge is 2.21. The number of nitrogens with one attached hydrogen (secondary N) is 1. The van der Waals surface area contributed by atoms with Crippen molar-refractivity contribution in [3.05, 3.63) is 98.9 Å². The van der Waals surface area contributed by atoms with Gasteiger partial charge in [0.1, 0.15) is 11.6 Å². The lowest BCUT2D eigenvalue weighted by Gasteiger charge is -2.15. The first kappa shape index (κ1) is 23.4. The molecule has 1 N–H and O–H groups in total. The smallest absolute Gasteiger partial charge is 0.258 e. The number of carbonyl (C=O) groups excluding carboxylic acids is 1. The summed E-state index contributed by atoms with van der Waals surface area (Å²) in [5.74, 6) is -1.80. The summed E-state index contributed by atoms with van der Waals surface area (Å²) in [5, 5.41) is 6.26. The molecule has 0 saturated carbocycles. The van der Waals surface area contributed by atoms with Crippen LogP contribution in [0.25, 0.3) is 33.4 Å². The molecule has 0 spiro atoms. The summed E-state index contributed by atoms with van der Waals surface area (Å²) in [5.41, 5.74) is 3.33. The maximum Gasteiger partial charge on any atom is 0.258 e. The van der Waals surface area contributed by atoms with Gasteiger partial charge in [0.05, 0.1) is 27.5 Å². The van der Waals surface area contributed by atoms with Crippen LogP contribution in [0.3, 0.4) is 0 Å². The fourth-order valence-corrected chi connectivity index (χ4v) is 5.06. The molecule has 0 aliphatic heterocycles. The number of para-hydroxylation sites is 1. The Morgan fingerprint density at radius 1 is 0.971 bits per heavy atom. The van der Waals surface area contributed by atoms with Crippen molar-refractivity contribution in [2.24, 2.45) is 0 Å². The Balaban J connectivity index is 1.56. The monoisotopic (exact) mass is 525 g/mol. The third-order valence-corrected chi connectivity index (χ3v) is 6.79. The zero-order chi connectivity index (χ0) is 24.7. The van der Waals surface area contributed by atoms with Gasteiger partial charge in [-0.1, -0.05) is 41.4 Å². The highest BCUT2D eigenvalue weighted by Crippen LogP contribution is 2.35. The summed E-state index contributed by atoms with van der Waals surface area (Å²) in [4.78, 5) is 22.6. The largest absolute Gasteiger partial charge is 0.298 e. The van der Waals surface area contributed by atoms with E-state index in [9.17, 15) is 13.6 Å². The molecule has 0 radical (unpaired) electrons. The zero-order valence-electron chi connectivity index (χ0n) is 18.1. The molecule has 174 valence electrons. The minimum absolute atomic E-state index is 0.147. The maximum absolute atomic E-state index is 14.2. The Morgan fingerprint density at radius 3 is 2.51 bits per heavy atom. The van der Waals surface area contributed by atoms with Crippen LogP contribution < -0.4 is 5.32 Å². The van der Waals surface area contributed by atoms with Crippen molar-refractivity contribution in [3.8, 4) is 22.5 Å². The predicted molar refractivity (Wildman–Crippen MR) is 137 cm³/mol. The van der Waals surface area contributed by atoms with Gasteiger partial charge >= 0.3 is 0 Å². The molecule has 5 aromatic rings. The van der Waals surface area contributed by atoms with E-state index in [-0.39, 0.29) is 10.7 Å². The Bertz CT molecular complexity index is 1620. The van der Waals surface area contributed by atoms with E-state index in [1.54, 1.807) is 30.5 Å². The topological polar surface area (TPSA) is 54.9 Å². The van der Waals surface area contributed by atoms with Gasteiger partial charge in [-0.3, -0.25) is 10.1 Å². The van der Waals surface area contributed by atoms with Crippen LogP contribution in [-0.2, 0) is 0 Å². The molecule has 9 heteroatoms. The number of benzene rings is 3. The molecule has 2 heterocycles. The van der Waals surface area contributed by atoms with Gasteiger partial charge in [-0.25, -0.2) is 18.7 Å². The van der Waals surface area contributed by atoms with Crippen LogP contribution in [0.2, 0.25) is 10.0 Å². The molecule has 0 bridgehead atoms. The SMILES string of the molecule is Cc1c(-c2ccc(Cl)cc2Cl)nc2ccccc2c1C(=O)Nc1nc(-c2ccc(F)cc2F)cs1. The molecule has 0 unspecified atom stereocenters. The van der Waals surface area contributed by atoms with Gasteiger partial charge in [-0.15, -0.1) is 11.3 Å². The van der Waals surface area contributed by atoms with Crippen molar-refractivity contribution < 1.29 is 13.6 Å². The van der Waals surface area contributed by atoms with Crippen molar-refractivity contribution in [1.29, 1.82) is 0 Å². The number of hydrogen-bond acceptors (Lipinski definition) is 4. The first-order chi connectivity index (χ1) is 16.8. The van der Waals surface area contributed by atoms with E-state index in [1.165, 1.54) is 6.07 Å². The highest BCUT2D eigenvalue weighted by molar-refractivity contribution is 7.14. The number of pyridine rings is 1. The average Bonchev–Trinajstić information content (AvgIpc) is 3.27. The first-order valence-corrected chi connectivity index (χ1v) is 12.0. The fourth-order valence-electron chi connectivity index (χ4n) is 3.86. The number of carbonyl (C=O) groups is 1. The van der Waals surface area contributed by atoms with Crippen LogP contribution in [0.1, 0.15) is 15.9 Å². The number of rotatable bonds is 4. The molecule has 1 amide bonds. The van der Waals surface area contributed by atoms with Crippen LogP contribution >= 0.6 is 34.5 Å². The van der Waals surface area contributed by atoms with Crippen molar-refractivity contribution >= 4 is 56.5 Å². The van der Waals surface area contributed by atoms with Crippen LogP contribution in [0.5, 0.6) is 0 Å². The number of nitrogens with zero attached hydrogens (tertiary/aromatic N) is 2. The van der Waals surface area contributed by atoms with E-state index < -0.39 is 17.5 Å². The van der Waals surface area contributed by atoms with E-state index in [0.717, 1.165) is 23.5 Å². The summed E-state index contributed by atoms with van der Waals surface area (Å²) >= 11 is 13.6. The number of hydrogen-bond donors (Lipinski definition) is 1. The minimum atomic E-state index is -0.728. The molecule has 4 nitrogen and oxygen atoms in total. The van der Waals surface area contributed by atoms with E-state index in [4.69, 9.17) is 28.2 Å². The number of halogens is 4. The number of amides is 1. The van der Waals surface area contributed by atoms with Gasteiger partial charge in [0.2, 0.25) is 0 Å². The average molecular weight is 526 g/mol. The highest BCUT2D eigenvalue weighted by atomic mass is 35.5. The second-order valence-electron chi connectivity index (χ2n) is 7.72. The lowest BCUT2D eigenvalue weighted by atomic mass is 9.97. The Morgan fingerprint density at radius 2 is 1.74 bits per heavy atom. The Kier molecular flexibility index (Phi) is 6.23. The zero-order valence-corrected chi connectivity index (χ0v) is 20.4. The van der Waals surface area contributed by atoms with Crippen molar-refractivity contribution in [1.82, 2.24) is 9.97 Å². The van der Waals surface area contributed by atoms with Gasteiger partial charge < -0.3 is 0 Å². The van der Waals surface area contributed by atoms with Crippen LogP contribution in [0, 0.1) is 18.6 Å². The number of thiazole rings is 1. The second-order valence-corrected chi connectivity index (χ2v) is 9.42. The molecule has 0 aliphatic carbocycles. The first-order valence-electron chi connectivity index (χ1n) is 10.4. The Hall–Kier alpha value is -3.39. The van der Waals surface area contributed by atoms with Crippen molar-refractivity contribution in [2.75, 3.05) is 5.32 Å². The summed E-state index contributed by atoms with van der Waals surface area (Å²) in [6.45, 7) is 1.80. The quantitative estimate of drug-likeness (QED) is 0.257. The molecule has 35 heavy (non-hydrogen) atoms. The lowest BCUT2D eigenvalue weighted by Crippen LogP contribution is -2.15. The van der Waals surface area contributed by atoms with Crippen molar-refractivity contribution in [2.45, 2.75) is 6.92 Å². The van der Waals surface area contributed by atoms with Gasteiger partial charge in [0.15, 0.2) is 5.13 Å². The molecule has 0 saturated heterocycles. The maximum atomic E-state index is 14.2. The fraction of sp³-hybridized carbons (Fsp3) is 0.0385. The number of fused-ring (bicyclic) bond motifs is 1. The minimum Gasteiger partial charge on any atom is -0.298 e. The van der Waals surface area contributed by atoms with Crippen LogP contribution in [0.4, 0.5) is 13.9 Å². The summed E-state index contributed by atoms with van der Waals surface area (Å²) < 4.78 is 27.4. The van der Waals surface area contributed by atoms with Gasteiger partial charge in [0, 0.05) is 33.0 Å². The lowest BCUT2D eigenvalue weighted by molar-refractivity contribution is 0.102. The molecule has 0 fully saturated rings. The van der Waals surface area contributed by atoms with Crippen LogP contribution in [-0.4, -0.2) is 15.9 Å². The molecule has 0 aliphatic rings. The molecule has 2 aromatic heterocycles.